The van der Waals surface area contributed by atoms with E-state index in [2.05, 4.69) is 15.4 Å². The van der Waals surface area contributed by atoms with Crippen molar-refractivity contribution in [3.8, 4) is 0 Å². The molecule has 2 aromatic rings. The van der Waals surface area contributed by atoms with Gasteiger partial charge in [0, 0.05) is 24.8 Å². The van der Waals surface area contributed by atoms with E-state index in [4.69, 9.17) is 4.74 Å². The summed E-state index contributed by atoms with van der Waals surface area (Å²) in [5.74, 6) is 0. The maximum Gasteiger partial charge on any atom is 0.272 e. The van der Waals surface area contributed by atoms with Gasteiger partial charge < -0.3 is 10.1 Å². The standard InChI is InChI=1S/C14H18N4O2/c19-14-8-10(9-3-1-5-15-9)16-13-7-11(17-18(13)14)12-4-2-6-20-12/h7-9,12,15,17H,1-6H2. The van der Waals surface area contributed by atoms with Gasteiger partial charge in [0.2, 0.25) is 0 Å². The lowest BCUT2D eigenvalue weighted by molar-refractivity contribution is 0.108. The molecule has 0 amide bonds. The molecule has 0 radical (unpaired) electrons. The Morgan fingerprint density at radius 3 is 3.00 bits per heavy atom. The van der Waals surface area contributed by atoms with Crippen molar-refractivity contribution in [1.29, 1.82) is 0 Å². The number of aromatic amines is 1. The fourth-order valence-electron chi connectivity index (χ4n) is 3.13. The molecule has 2 saturated heterocycles. The van der Waals surface area contributed by atoms with Gasteiger partial charge in [0.1, 0.15) is 0 Å². The molecule has 4 heterocycles. The second-order valence-corrected chi connectivity index (χ2v) is 5.57. The Morgan fingerprint density at radius 1 is 1.30 bits per heavy atom. The van der Waals surface area contributed by atoms with E-state index in [0.717, 1.165) is 50.2 Å². The van der Waals surface area contributed by atoms with Gasteiger partial charge in [-0.1, -0.05) is 0 Å². The van der Waals surface area contributed by atoms with E-state index in [1.54, 1.807) is 6.07 Å². The van der Waals surface area contributed by atoms with Crippen LogP contribution in [0.4, 0.5) is 0 Å². The molecule has 0 spiro atoms. The second kappa shape index (κ2) is 4.71. The Labute approximate surface area is 116 Å². The Bertz CT molecular complexity index is 678. The molecule has 6 nitrogen and oxygen atoms in total. The van der Waals surface area contributed by atoms with Crippen LogP contribution in [0.15, 0.2) is 16.9 Å². The number of hydrogen-bond donors (Lipinski definition) is 2. The van der Waals surface area contributed by atoms with Gasteiger partial charge >= 0.3 is 0 Å². The zero-order valence-electron chi connectivity index (χ0n) is 11.3. The van der Waals surface area contributed by atoms with Crippen molar-refractivity contribution in [1.82, 2.24) is 19.9 Å². The summed E-state index contributed by atoms with van der Waals surface area (Å²) in [6.07, 6.45) is 4.33. The first-order valence-electron chi connectivity index (χ1n) is 7.29. The summed E-state index contributed by atoms with van der Waals surface area (Å²) in [6.45, 7) is 1.79. The van der Waals surface area contributed by atoms with Gasteiger partial charge in [-0.25, -0.2) is 9.50 Å². The number of fused-ring (bicyclic) bond motifs is 1. The van der Waals surface area contributed by atoms with Gasteiger partial charge in [0.05, 0.1) is 17.5 Å². The zero-order chi connectivity index (χ0) is 13.5. The normalized spacial score (nSPS) is 26.6. The van der Waals surface area contributed by atoms with E-state index >= 15 is 0 Å². The van der Waals surface area contributed by atoms with E-state index in [-0.39, 0.29) is 17.7 Å². The molecule has 2 atom stereocenters. The average Bonchev–Trinajstić information content (AvgIpc) is 3.19. The van der Waals surface area contributed by atoms with Crippen LogP contribution in [0.1, 0.15) is 49.2 Å². The molecule has 0 bridgehead atoms. The summed E-state index contributed by atoms with van der Waals surface area (Å²) in [5, 5.41) is 6.50. The van der Waals surface area contributed by atoms with Crippen molar-refractivity contribution < 1.29 is 4.74 Å². The quantitative estimate of drug-likeness (QED) is 0.866. The van der Waals surface area contributed by atoms with Crippen LogP contribution in [0.25, 0.3) is 5.65 Å². The van der Waals surface area contributed by atoms with Gasteiger partial charge in [-0.3, -0.25) is 9.89 Å². The smallest absolute Gasteiger partial charge is 0.272 e. The van der Waals surface area contributed by atoms with Gasteiger partial charge in [-0.15, -0.1) is 0 Å². The van der Waals surface area contributed by atoms with Gasteiger partial charge in [-0.05, 0) is 32.2 Å². The Morgan fingerprint density at radius 2 is 2.25 bits per heavy atom. The number of nitrogens with zero attached hydrogens (tertiary/aromatic N) is 2. The highest BCUT2D eigenvalue weighted by Gasteiger charge is 2.22. The van der Waals surface area contributed by atoms with Crippen molar-refractivity contribution in [3.63, 3.8) is 0 Å². The van der Waals surface area contributed by atoms with Gasteiger partial charge in [0.25, 0.3) is 5.56 Å². The number of nitrogens with one attached hydrogen (secondary N) is 2. The van der Waals surface area contributed by atoms with Crippen LogP contribution in [0.2, 0.25) is 0 Å². The fourth-order valence-corrected chi connectivity index (χ4v) is 3.13. The van der Waals surface area contributed by atoms with E-state index < -0.39 is 0 Å². The van der Waals surface area contributed by atoms with E-state index in [9.17, 15) is 4.79 Å². The molecule has 0 aromatic carbocycles. The fraction of sp³-hybridized carbons (Fsp3) is 0.571. The van der Waals surface area contributed by atoms with Crippen LogP contribution in [-0.2, 0) is 4.74 Å². The highest BCUT2D eigenvalue weighted by atomic mass is 16.5. The topological polar surface area (TPSA) is 71.4 Å². The molecule has 6 heteroatoms. The van der Waals surface area contributed by atoms with Crippen LogP contribution in [-0.4, -0.2) is 27.7 Å². The van der Waals surface area contributed by atoms with Crippen LogP contribution in [0, 0.1) is 0 Å². The first-order valence-corrected chi connectivity index (χ1v) is 7.29. The largest absolute Gasteiger partial charge is 0.372 e. The van der Waals surface area contributed by atoms with Crippen molar-refractivity contribution in [2.75, 3.05) is 13.2 Å². The molecule has 2 fully saturated rings. The van der Waals surface area contributed by atoms with Crippen molar-refractivity contribution in [2.45, 2.75) is 37.8 Å². The Kier molecular flexibility index (Phi) is 2.85. The predicted octanol–water partition coefficient (Wildman–Crippen LogP) is 1.30. The highest BCUT2D eigenvalue weighted by molar-refractivity contribution is 5.41. The monoisotopic (exact) mass is 274 g/mol. The van der Waals surface area contributed by atoms with Crippen molar-refractivity contribution in [3.05, 3.63) is 33.9 Å². The number of aromatic nitrogens is 3. The molecule has 20 heavy (non-hydrogen) atoms. The molecule has 4 rings (SSSR count). The third-order valence-electron chi connectivity index (χ3n) is 4.18. The second-order valence-electron chi connectivity index (χ2n) is 5.57. The van der Waals surface area contributed by atoms with E-state index in [0.29, 0.717) is 5.65 Å². The summed E-state index contributed by atoms with van der Waals surface area (Å²) in [4.78, 5) is 16.8. The number of hydrogen-bond acceptors (Lipinski definition) is 4. The Balaban J connectivity index is 1.76. The minimum absolute atomic E-state index is 0.0528. The summed E-state index contributed by atoms with van der Waals surface area (Å²) >= 11 is 0. The van der Waals surface area contributed by atoms with Crippen molar-refractivity contribution >= 4 is 5.65 Å². The number of ether oxygens (including phenoxy) is 1. The van der Waals surface area contributed by atoms with Gasteiger partial charge in [0.15, 0.2) is 5.65 Å². The van der Waals surface area contributed by atoms with Crippen LogP contribution in [0.3, 0.4) is 0 Å². The number of rotatable bonds is 2. The van der Waals surface area contributed by atoms with Crippen LogP contribution in [0.5, 0.6) is 0 Å². The molecule has 2 unspecified atom stereocenters. The lowest BCUT2D eigenvalue weighted by Crippen LogP contribution is -2.21. The van der Waals surface area contributed by atoms with E-state index in [1.165, 1.54) is 4.52 Å². The predicted molar refractivity (Wildman–Crippen MR) is 73.7 cm³/mol. The molecule has 2 aromatic heterocycles. The molecule has 106 valence electrons. The minimum atomic E-state index is -0.0528. The van der Waals surface area contributed by atoms with Crippen molar-refractivity contribution in [2.24, 2.45) is 0 Å². The number of H-pyrrole nitrogens is 1. The summed E-state index contributed by atoms with van der Waals surface area (Å²) < 4.78 is 7.16. The third kappa shape index (κ3) is 1.96. The Hall–Kier alpha value is -1.66. The minimum Gasteiger partial charge on any atom is -0.372 e. The zero-order valence-corrected chi connectivity index (χ0v) is 11.3. The first-order chi connectivity index (χ1) is 9.81. The molecule has 0 saturated carbocycles. The van der Waals surface area contributed by atoms with Crippen LogP contribution < -0.4 is 10.9 Å². The molecular formula is C14H18N4O2. The van der Waals surface area contributed by atoms with Crippen LogP contribution >= 0.6 is 0 Å². The SMILES string of the molecule is O=c1cc(C2CCCN2)nc2cc(C3CCCO3)[nH]n12. The summed E-state index contributed by atoms with van der Waals surface area (Å²) in [6, 6.07) is 3.79. The molecule has 2 aliphatic rings. The highest BCUT2D eigenvalue weighted by Crippen LogP contribution is 2.28. The summed E-state index contributed by atoms with van der Waals surface area (Å²) in [5.41, 5.74) is 2.43. The molecule has 0 aliphatic carbocycles. The average molecular weight is 274 g/mol. The molecular weight excluding hydrogens is 256 g/mol. The lowest BCUT2D eigenvalue weighted by Gasteiger charge is -2.08. The lowest BCUT2D eigenvalue weighted by atomic mass is 10.1. The summed E-state index contributed by atoms with van der Waals surface area (Å²) in [7, 11) is 0. The maximum atomic E-state index is 12.2. The maximum absolute atomic E-state index is 12.2. The third-order valence-corrected chi connectivity index (χ3v) is 4.18. The van der Waals surface area contributed by atoms with Gasteiger partial charge in [-0.2, -0.15) is 0 Å². The first kappa shape index (κ1) is 12.1. The molecule has 2 aliphatic heterocycles. The van der Waals surface area contributed by atoms with E-state index in [1.807, 2.05) is 6.07 Å². The molecule has 2 N–H and O–H groups in total.